The Labute approximate surface area is 183 Å². The Morgan fingerprint density at radius 3 is 2.53 bits per heavy atom. The molecule has 0 radical (unpaired) electrons. The molecule has 4 rings (SSSR count). The number of hydrogen-bond acceptors (Lipinski definition) is 6. The molecule has 1 atom stereocenters. The predicted molar refractivity (Wildman–Crippen MR) is 120 cm³/mol. The van der Waals surface area contributed by atoms with E-state index in [1.165, 1.54) is 18.3 Å². The molecule has 1 fully saturated rings. The van der Waals surface area contributed by atoms with E-state index in [-0.39, 0.29) is 0 Å². The van der Waals surface area contributed by atoms with Gasteiger partial charge in [0.25, 0.3) is 5.91 Å². The highest BCUT2D eigenvalue weighted by Gasteiger charge is 2.23. The second-order valence-corrected chi connectivity index (χ2v) is 8.35. The van der Waals surface area contributed by atoms with E-state index in [9.17, 15) is 9.59 Å². The molecule has 0 aliphatic carbocycles. The van der Waals surface area contributed by atoms with Crippen LogP contribution in [0.4, 0.5) is 11.4 Å². The number of hydrogen-bond donors (Lipinski definition) is 1. The van der Waals surface area contributed by atoms with Crippen molar-refractivity contribution in [1.29, 1.82) is 0 Å². The summed E-state index contributed by atoms with van der Waals surface area (Å²) >= 11 is 7.57. The zero-order valence-electron chi connectivity index (χ0n) is 16.4. The summed E-state index contributed by atoms with van der Waals surface area (Å²) in [4.78, 5) is 27.5. The van der Waals surface area contributed by atoms with Gasteiger partial charge in [0.05, 0.1) is 18.2 Å². The Morgan fingerprint density at radius 1 is 1.13 bits per heavy atom. The zero-order chi connectivity index (χ0) is 21.1. The molecule has 1 unspecified atom stereocenters. The highest BCUT2D eigenvalue weighted by Crippen LogP contribution is 2.35. The number of carbonyl (C=O) groups is 2. The SMILES string of the molecule is CC(OC(=O)c1sc2ccccc2c1Cl)C(=O)Nc1ccc(N2CCOCC2)cc1. The van der Waals surface area contributed by atoms with Crippen LogP contribution >= 0.6 is 22.9 Å². The van der Waals surface area contributed by atoms with Gasteiger partial charge in [0, 0.05) is 34.6 Å². The van der Waals surface area contributed by atoms with Gasteiger partial charge in [0.2, 0.25) is 0 Å². The molecule has 156 valence electrons. The molecule has 0 saturated carbocycles. The number of anilines is 2. The lowest BCUT2D eigenvalue weighted by atomic mass is 10.2. The fraction of sp³-hybridized carbons (Fsp3) is 0.273. The monoisotopic (exact) mass is 444 g/mol. The highest BCUT2D eigenvalue weighted by molar-refractivity contribution is 7.21. The number of nitrogens with one attached hydrogen (secondary N) is 1. The third-order valence-corrected chi connectivity index (χ3v) is 6.54. The van der Waals surface area contributed by atoms with Crippen LogP contribution in [0.15, 0.2) is 48.5 Å². The Balaban J connectivity index is 1.37. The normalized spacial score (nSPS) is 15.1. The minimum absolute atomic E-state index is 0.299. The standard InChI is InChI=1S/C22H21ClN2O4S/c1-14(29-22(27)20-19(23)17-4-2-3-5-18(17)30-20)21(26)24-15-6-8-16(9-7-15)25-10-12-28-13-11-25/h2-9,14H,10-13H2,1H3,(H,24,26). The van der Waals surface area contributed by atoms with Crippen LogP contribution in [-0.4, -0.2) is 44.3 Å². The second-order valence-electron chi connectivity index (χ2n) is 6.92. The van der Waals surface area contributed by atoms with Gasteiger partial charge in [-0.3, -0.25) is 4.79 Å². The average molecular weight is 445 g/mol. The summed E-state index contributed by atoms with van der Waals surface area (Å²) in [5.41, 5.74) is 1.72. The van der Waals surface area contributed by atoms with E-state index in [0.29, 0.717) is 28.8 Å². The van der Waals surface area contributed by atoms with Crippen LogP contribution in [0.3, 0.4) is 0 Å². The molecule has 30 heavy (non-hydrogen) atoms. The zero-order valence-corrected chi connectivity index (χ0v) is 18.0. The van der Waals surface area contributed by atoms with E-state index in [0.717, 1.165) is 28.9 Å². The molecule has 1 aliphatic rings. The van der Waals surface area contributed by atoms with Crippen LogP contribution in [0, 0.1) is 0 Å². The van der Waals surface area contributed by atoms with Gasteiger partial charge in [-0.1, -0.05) is 29.8 Å². The van der Waals surface area contributed by atoms with E-state index in [2.05, 4.69) is 10.2 Å². The number of nitrogens with zero attached hydrogens (tertiary/aromatic N) is 1. The van der Waals surface area contributed by atoms with Gasteiger partial charge in [0.1, 0.15) is 4.88 Å². The van der Waals surface area contributed by atoms with Gasteiger partial charge in [-0.2, -0.15) is 0 Å². The summed E-state index contributed by atoms with van der Waals surface area (Å²) < 4.78 is 11.6. The molecule has 0 spiro atoms. The third-order valence-electron chi connectivity index (χ3n) is 4.88. The molecule has 1 aliphatic heterocycles. The first-order chi connectivity index (χ1) is 14.5. The maximum absolute atomic E-state index is 12.5. The molecular weight excluding hydrogens is 424 g/mol. The second kappa shape index (κ2) is 9.04. The maximum atomic E-state index is 12.5. The highest BCUT2D eigenvalue weighted by atomic mass is 35.5. The van der Waals surface area contributed by atoms with Crippen molar-refractivity contribution in [3.63, 3.8) is 0 Å². The van der Waals surface area contributed by atoms with Crippen molar-refractivity contribution in [2.75, 3.05) is 36.5 Å². The molecule has 0 bridgehead atoms. The van der Waals surface area contributed by atoms with Gasteiger partial charge in [-0.15, -0.1) is 11.3 Å². The van der Waals surface area contributed by atoms with E-state index >= 15 is 0 Å². The van der Waals surface area contributed by atoms with Gasteiger partial charge in [0.15, 0.2) is 6.10 Å². The van der Waals surface area contributed by atoms with Crippen LogP contribution in [-0.2, 0) is 14.3 Å². The van der Waals surface area contributed by atoms with Crippen molar-refractivity contribution in [1.82, 2.24) is 0 Å². The smallest absolute Gasteiger partial charge is 0.350 e. The number of thiophene rings is 1. The lowest BCUT2D eigenvalue weighted by Gasteiger charge is -2.28. The lowest BCUT2D eigenvalue weighted by Crippen LogP contribution is -2.36. The van der Waals surface area contributed by atoms with E-state index in [1.807, 2.05) is 48.5 Å². The van der Waals surface area contributed by atoms with Crippen molar-refractivity contribution in [2.45, 2.75) is 13.0 Å². The van der Waals surface area contributed by atoms with Gasteiger partial charge < -0.3 is 19.7 Å². The first-order valence-corrected chi connectivity index (χ1v) is 10.8. The number of morpholine rings is 1. The fourth-order valence-corrected chi connectivity index (χ4v) is 4.63. The van der Waals surface area contributed by atoms with Crippen LogP contribution in [0.25, 0.3) is 10.1 Å². The Kier molecular flexibility index (Phi) is 6.22. The van der Waals surface area contributed by atoms with Crippen molar-refractivity contribution in [2.24, 2.45) is 0 Å². The molecule has 1 amide bonds. The van der Waals surface area contributed by atoms with Crippen LogP contribution in [0.2, 0.25) is 5.02 Å². The third kappa shape index (κ3) is 4.43. The lowest BCUT2D eigenvalue weighted by molar-refractivity contribution is -0.123. The first-order valence-electron chi connectivity index (χ1n) is 9.64. The molecule has 2 heterocycles. The van der Waals surface area contributed by atoms with Crippen LogP contribution in [0.5, 0.6) is 0 Å². The largest absolute Gasteiger partial charge is 0.448 e. The molecule has 1 saturated heterocycles. The number of esters is 1. The molecule has 8 heteroatoms. The molecule has 1 aromatic heterocycles. The fourth-order valence-electron chi connectivity index (χ4n) is 3.23. The minimum atomic E-state index is -0.960. The van der Waals surface area contributed by atoms with Gasteiger partial charge in [-0.25, -0.2) is 4.79 Å². The van der Waals surface area contributed by atoms with Crippen LogP contribution < -0.4 is 10.2 Å². The minimum Gasteiger partial charge on any atom is -0.448 e. The van der Waals surface area contributed by atoms with Crippen molar-refractivity contribution in [3.05, 3.63) is 58.4 Å². The van der Waals surface area contributed by atoms with Crippen LogP contribution in [0.1, 0.15) is 16.6 Å². The summed E-state index contributed by atoms with van der Waals surface area (Å²) in [6.45, 7) is 4.66. The first kappa shape index (κ1) is 20.7. The Bertz CT molecular complexity index is 1060. The topological polar surface area (TPSA) is 67.9 Å². The van der Waals surface area contributed by atoms with E-state index < -0.39 is 18.0 Å². The van der Waals surface area contributed by atoms with Crippen molar-refractivity contribution in [3.8, 4) is 0 Å². The summed E-state index contributed by atoms with van der Waals surface area (Å²) in [6, 6.07) is 15.0. The van der Waals surface area contributed by atoms with Gasteiger partial charge in [-0.05, 0) is 37.3 Å². The van der Waals surface area contributed by atoms with Gasteiger partial charge >= 0.3 is 5.97 Å². The molecule has 2 aromatic carbocycles. The summed E-state index contributed by atoms with van der Waals surface area (Å²) in [7, 11) is 0. The molecule has 1 N–H and O–H groups in total. The quantitative estimate of drug-likeness (QED) is 0.583. The summed E-state index contributed by atoms with van der Waals surface area (Å²) in [5.74, 6) is -1.01. The molecule has 3 aromatic rings. The maximum Gasteiger partial charge on any atom is 0.350 e. The number of halogens is 1. The molecule has 6 nitrogen and oxygen atoms in total. The number of benzene rings is 2. The Hall–Kier alpha value is -2.61. The number of ether oxygens (including phenoxy) is 2. The Morgan fingerprint density at radius 2 is 1.83 bits per heavy atom. The number of fused-ring (bicyclic) bond motifs is 1. The predicted octanol–water partition coefficient (Wildman–Crippen LogP) is 4.58. The van der Waals surface area contributed by atoms with E-state index in [1.54, 1.807) is 0 Å². The number of amides is 1. The number of rotatable bonds is 5. The van der Waals surface area contributed by atoms with E-state index in [4.69, 9.17) is 21.1 Å². The summed E-state index contributed by atoms with van der Waals surface area (Å²) in [6.07, 6.45) is -0.960. The van der Waals surface area contributed by atoms with Crippen molar-refractivity contribution < 1.29 is 19.1 Å². The number of carbonyl (C=O) groups excluding carboxylic acids is 2. The summed E-state index contributed by atoms with van der Waals surface area (Å²) in [5, 5.41) is 3.93. The van der Waals surface area contributed by atoms with Crippen molar-refractivity contribution >= 4 is 56.3 Å². The average Bonchev–Trinajstić information content (AvgIpc) is 3.12. The molecular formula is C22H21ClN2O4S.